The first-order valence-electron chi connectivity index (χ1n) is 7.22. The fourth-order valence-electron chi connectivity index (χ4n) is 2.77. The molecule has 0 saturated carbocycles. The molecule has 0 aliphatic carbocycles. The van der Waals surface area contributed by atoms with Crippen LogP contribution in [-0.4, -0.2) is 27.5 Å². The number of piperidine rings is 1. The van der Waals surface area contributed by atoms with Crippen LogP contribution in [0.2, 0.25) is 5.02 Å². The van der Waals surface area contributed by atoms with Crippen LogP contribution in [0.25, 0.3) is 0 Å². The maximum Gasteiger partial charge on any atom is 0.240 e. The zero-order valence-electron chi connectivity index (χ0n) is 12.7. The summed E-state index contributed by atoms with van der Waals surface area (Å²) >= 11 is 6.01. The summed E-state index contributed by atoms with van der Waals surface area (Å²) in [6, 6.07) is 5.08. The summed E-state index contributed by atoms with van der Waals surface area (Å²) in [5.41, 5.74) is 0.673. The Labute approximate surface area is 132 Å². The smallest absolute Gasteiger partial charge is 0.240 e. The molecule has 1 saturated heterocycles. The van der Waals surface area contributed by atoms with Gasteiger partial charge in [0.2, 0.25) is 10.0 Å². The zero-order chi connectivity index (χ0) is 15.7. The molecule has 1 unspecified atom stereocenters. The highest BCUT2D eigenvalue weighted by Crippen LogP contribution is 2.30. The van der Waals surface area contributed by atoms with Crippen LogP contribution in [0, 0.1) is 12.3 Å². The molecule has 21 heavy (non-hydrogen) atoms. The maximum absolute atomic E-state index is 12.5. The van der Waals surface area contributed by atoms with Crippen LogP contribution >= 0.6 is 11.6 Å². The highest BCUT2D eigenvalue weighted by molar-refractivity contribution is 7.89. The van der Waals surface area contributed by atoms with Crippen molar-refractivity contribution in [1.29, 1.82) is 0 Å². The van der Waals surface area contributed by atoms with Gasteiger partial charge in [-0.15, -0.1) is 0 Å². The monoisotopic (exact) mass is 330 g/mol. The summed E-state index contributed by atoms with van der Waals surface area (Å²) in [4.78, 5) is 0.253. The van der Waals surface area contributed by atoms with Crippen LogP contribution in [-0.2, 0) is 10.0 Å². The van der Waals surface area contributed by atoms with Gasteiger partial charge in [0, 0.05) is 17.6 Å². The van der Waals surface area contributed by atoms with E-state index in [4.69, 9.17) is 11.6 Å². The molecule has 0 spiro atoms. The largest absolute Gasteiger partial charge is 0.312 e. The van der Waals surface area contributed by atoms with Gasteiger partial charge in [0.25, 0.3) is 0 Å². The number of hydrogen-bond acceptors (Lipinski definition) is 3. The number of rotatable bonds is 4. The molecule has 2 rings (SSSR count). The standard InChI is InChI=1S/C15H23ClN2O2S/c1-11-12(16)6-4-7-13(11)21(19,20)18-10-14-15(2,3)8-5-9-17-14/h4,6-7,14,17-18H,5,8-10H2,1-3H3. The Morgan fingerprint density at radius 2 is 2.14 bits per heavy atom. The summed E-state index contributed by atoms with van der Waals surface area (Å²) in [7, 11) is -3.54. The van der Waals surface area contributed by atoms with Gasteiger partial charge in [0.15, 0.2) is 0 Å². The average molecular weight is 331 g/mol. The lowest BCUT2D eigenvalue weighted by atomic mass is 9.78. The molecular weight excluding hydrogens is 308 g/mol. The molecule has 6 heteroatoms. The molecule has 2 N–H and O–H groups in total. The molecule has 0 radical (unpaired) electrons. The van der Waals surface area contributed by atoms with Gasteiger partial charge in [-0.2, -0.15) is 0 Å². The molecule has 1 aromatic carbocycles. The number of benzene rings is 1. The van der Waals surface area contributed by atoms with E-state index in [0.29, 0.717) is 17.1 Å². The van der Waals surface area contributed by atoms with Crippen molar-refractivity contribution >= 4 is 21.6 Å². The molecule has 1 fully saturated rings. The molecule has 1 heterocycles. The molecule has 1 atom stereocenters. The van der Waals surface area contributed by atoms with E-state index in [1.54, 1.807) is 25.1 Å². The quantitative estimate of drug-likeness (QED) is 0.892. The molecule has 4 nitrogen and oxygen atoms in total. The van der Waals surface area contributed by atoms with Gasteiger partial charge in [0.1, 0.15) is 0 Å². The van der Waals surface area contributed by atoms with Gasteiger partial charge in [0.05, 0.1) is 4.90 Å². The predicted molar refractivity (Wildman–Crippen MR) is 86.2 cm³/mol. The second-order valence-corrected chi connectivity index (χ2v) is 8.46. The summed E-state index contributed by atoms with van der Waals surface area (Å²) in [5, 5.41) is 3.87. The number of halogens is 1. The summed E-state index contributed by atoms with van der Waals surface area (Å²) < 4.78 is 27.6. The molecular formula is C15H23ClN2O2S. The van der Waals surface area contributed by atoms with Crippen molar-refractivity contribution in [3.63, 3.8) is 0 Å². The van der Waals surface area contributed by atoms with E-state index in [0.717, 1.165) is 19.4 Å². The van der Waals surface area contributed by atoms with Gasteiger partial charge in [-0.25, -0.2) is 13.1 Å². The minimum Gasteiger partial charge on any atom is -0.312 e. The Morgan fingerprint density at radius 3 is 2.81 bits per heavy atom. The molecule has 1 aliphatic rings. The van der Waals surface area contributed by atoms with Crippen molar-refractivity contribution in [2.45, 2.75) is 44.6 Å². The highest BCUT2D eigenvalue weighted by Gasteiger charge is 2.33. The van der Waals surface area contributed by atoms with Crippen molar-refractivity contribution in [2.24, 2.45) is 5.41 Å². The van der Waals surface area contributed by atoms with E-state index < -0.39 is 10.0 Å². The molecule has 1 aliphatic heterocycles. The van der Waals surface area contributed by atoms with E-state index in [2.05, 4.69) is 23.9 Å². The normalized spacial score (nSPS) is 22.2. The Morgan fingerprint density at radius 1 is 1.43 bits per heavy atom. The fraction of sp³-hybridized carbons (Fsp3) is 0.600. The van der Waals surface area contributed by atoms with Crippen LogP contribution in [0.4, 0.5) is 0 Å². The summed E-state index contributed by atoms with van der Waals surface area (Å²) in [6.07, 6.45) is 2.23. The van der Waals surface area contributed by atoms with Gasteiger partial charge in [-0.3, -0.25) is 0 Å². The van der Waals surface area contributed by atoms with E-state index in [-0.39, 0.29) is 16.4 Å². The summed E-state index contributed by atoms with van der Waals surface area (Å²) in [6.45, 7) is 7.39. The SMILES string of the molecule is Cc1c(Cl)cccc1S(=O)(=O)NCC1NCCCC1(C)C. The fourth-order valence-corrected chi connectivity index (χ4v) is 4.31. The van der Waals surface area contributed by atoms with Gasteiger partial charge >= 0.3 is 0 Å². The third-order valence-corrected chi connectivity index (χ3v) is 6.29. The highest BCUT2D eigenvalue weighted by atomic mass is 35.5. The Balaban J connectivity index is 2.13. The average Bonchev–Trinajstić information content (AvgIpc) is 2.40. The predicted octanol–water partition coefficient (Wildman–Crippen LogP) is 2.70. The second kappa shape index (κ2) is 6.24. The van der Waals surface area contributed by atoms with E-state index >= 15 is 0 Å². The molecule has 0 amide bonds. The minimum absolute atomic E-state index is 0.0874. The van der Waals surface area contributed by atoms with Crippen molar-refractivity contribution in [1.82, 2.24) is 10.0 Å². The second-order valence-electron chi connectivity index (χ2n) is 6.31. The first kappa shape index (κ1) is 16.7. The van der Waals surface area contributed by atoms with E-state index in [1.807, 2.05) is 0 Å². The van der Waals surface area contributed by atoms with Crippen LogP contribution in [0.15, 0.2) is 23.1 Å². The van der Waals surface area contributed by atoms with Crippen LogP contribution in [0.3, 0.4) is 0 Å². The number of sulfonamides is 1. The van der Waals surface area contributed by atoms with Crippen LogP contribution < -0.4 is 10.0 Å². The van der Waals surface area contributed by atoms with Crippen molar-refractivity contribution in [3.05, 3.63) is 28.8 Å². The van der Waals surface area contributed by atoms with Crippen LogP contribution in [0.5, 0.6) is 0 Å². The zero-order valence-corrected chi connectivity index (χ0v) is 14.3. The number of nitrogens with one attached hydrogen (secondary N) is 2. The maximum atomic E-state index is 12.5. The van der Waals surface area contributed by atoms with E-state index in [1.165, 1.54) is 0 Å². The van der Waals surface area contributed by atoms with Gasteiger partial charge in [-0.1, -0.05) is 31.5 Å². The molecule has 118 valence electrons. The summed E-state index contributed by atoms with van der Waals surface area (Å²) in [5.74, 6) is 0. The number of hydrogen-bond donors (Lipinski definition) is 2. The Kier molecular flexibility index (Phi) is 4.98. The molecule has 0 aromatic heterocycles. The van der Waals surface area contributed by atoms with Crippen molar-refractivity contribution < 1.29 is 8.42 Å². The van der Waals surface area contributed by atoms with Gasteiger partial charge in [-0.05, 0) is 49.4 Å². The van der Waals surface area contributed by atoms with Crippen LogP contribution in [0.1, 0.15) is 32.3 Å². The Hall–Kier alpha value is -0.620. The third-order valence-electron chi connectivity index (χ3n) is 4.32. The molecule has 1 aromatic rings. The lowest BCUT2D eigenvalue weighted by Crippen LogP contribution is -2.52. The topological polar surface area (TPSA) is 58.2 Å². The first-order valence-corrected chi connectivity index (χ1v) is 9.08. The van der Waals surface area contributed by atoms with E-state index in [9.17, 15) is 8.42 Å². The van der Waals surface area contributed by atoms with Crippen molar-refractivity contribution in [3.8, 4) is 0 Å². The Bertz CT molecular complexity index is 614. The lowest BCUT2D eigenvalue weighted by Gasteiger charge is -2.39. The first-order chi connectivity index (χ1) is 9.74. The van der Waals surface area contributed by atoms with Crippen molar-refractivity contribution in [2.75, 3.05) is 13.1 Å². The lowest BCUT2D eigenvalue weighted by molar-refractivity contribution is 0.181. The third kappa shape index (κ3) is 3.77. The molecule has 0 bridgehead atoms. The van der Waals surface area contributed by atoms with Gasteiger partial charge < -0.3 is 5.32 Å². The minimum atomic E-state index is -3.54.